The number of rotatable bonds is 3. The van der Waals surface area contributed by atoms with Crippen molar-refractivity contribution in [2.45, 2.75) is 18.5 Å². The molecule has 48 heavy (non-hydrogen) atoms. The van der Waals surface area contributed by atoms with E-state index in [0.717, 1.165) is 0 Å². The minimum Gasteiger partial charge on any atom is -0.444 e. The quantitative estimate of drug-likeness (QED) is 0.189. The lowest BCUT2D eigenvalue weighted by atomic mass is 9.60. The van der Waals surface area contributed by atoms with E-state index in [0.29, 0.717) is 0 Å². The lowest BCUT2D eigenvalue weighted by Gasteiger charge is -2.32. The topological polar surface area (TPSA) is 27.7 Å². The van der Waals surface area contributed by atoms with Gasteiger partial charge in [0.25, 0.3) is 0 Å². The van der Waals surface area contributed by atoms with Crippen molar-refractivity contribution in [1.82, 2.24) is 0 Å². The van der Waals surface area contributed by atoms with Crippen LogP contribution in [0.2, 0.25) is 0 Å². The van der Waals surface area contributed by atoms with E-state index in [2.05, 4.69) is 13.7 Å². The predicted molar refractivity (Wildman–Crippen MR) is 113 cm³/mol. The Morgan fingerprint density at radius 2 is 0.417 bits per heavy atom. The van der Waals surface area contributed by atoms with Crippen molar-refractivity contribution < 1.29 is 106 Å². The Morgan fingerprint density at radius 1 is 0.271 bits per heavy atom. The summed E-state index contributed by atoms with van der Waals surface area (Å²) in [5, 5.41) is 0. The highest BCUT2D eigenvalue weighted by atomic mass is 19.4. The average molecular weight is 732 g/mol. The normalized spacial score (nSPS) is 14.8. The van der Waals surface area contributed by atoms with E-state index in [1.807, 2.05) is 0 Å². The SMILES string of the molecule is Fc1c(F)c(C(F)(F)F)c(F)c(F)c1B1OB(c2c(F)c(F)c(C(F)(F)F)c(F)c2F)OB(c2c(F)c(F)c(C(F)(F)F)c(F)c2F)O1. The fourth-order valence-electron chi connectivity index (χ4n) is 4.15. The molecular formula is C21B3F21O3. The Balaban J connectivity index is 2.05. The minimum atomic E-state index is -6.25. The highest BCUT2D eigenvalue weighted by Crippen LogP contribution is 2.38. The van der Waals surface area contributed by atoms with Crippen LogP contribution in [0, 0.1) is 69.8 Å². The molecule has 0 bridgehead atoms. The molecule has 0 aliphatic carbocycles. The van der Waals surface area contributed by atoms with Gasteiger partial charge in [-0.25, -0.2) is 52.7 Å². The summed E-state index contributed by atoms with van der Waals surface area (Å²) in [6, 6.07) is 0. The van der Waals surface area contributed by atoms with Crippen LogP contribution in [0.5, 0.6) is 0 Å². The van der Waals surface area contributed by atoms with Gasteiger partial charge in [-0.15, -0.1) is 0 Å². The Labute approximate surface area is 249 Å². The summed E-state index contributed by atoms with van der Waals surface area (Å²) in [5.74, 6) is -39.7. The zero-order valence-electron chi connectivity index (χ0n) is 21.4. The van der Waals surface area contributed by atoms with Crippen LogP contribution in [0.25, 0.3) is 0 Å². The van der Waals surface area contributed by atoms with Gasteiger partial charge < -0.3 is 13.7 Å². The third-order valence-electron chi connectivity index (χ3n) is 6.19. The molecule has 3 aromatic rings. The molecule has 0 aromatic heterocycles. The highest BCUT2D eigenvalue weighted by molar-refractivity contribution is 6.87. The van der Waals surface area contributed by atoms with Crippen molar-refractivity contribution in [2.24, 2.45) is 0 Å². The van der Waals surface area contributed by atoms with Crippen LogP contribution in [0.15, 0.2) is 0 Å². The number of hydrogen-bond acceptors (Lipinski definition) is 3. The molecule has 1 aliphatic heterocycles. The third kappa shape index (κ3) is 5.92. The van der Waals surface area contributed by atoms with Gasteiger partial charge in [0.1, 0.15) is 16.7 Å². The van der Waals surface area contributed by atoms with Gasteiger partial charge in [0.2, 0.25) is 0 Å². The fourth-order valence-corrected chi connectivity index (χ4v) is 4.15. The molecule has 0 saturated carbocycles. The van der Waals surface area contributed by atoms with Crippen molar-refractivity contribution in [2.75, 3.05) is 0 Å². The molecule has 1 saturated heterocycles. The second kappa shape index (κ2) is 12.0. The smallest absolute Gasteiger partial charge is 0.444 e. The van der Waals surface area contributed by atoms with Crippen molar-refractivity contribution in [3.63, 3.8) is 0 Å². The maximum Gasteiger partial charge on any atom is 0.473 e. The molecule has 0 unspecified atom stereocenters. The Bertz CT molecular complexity index is 1520. The maximum absolute atomic E-state index is 14.7. The zero-order chi connectivity index (χ0) is 36.7. The van der Waals surface area contributed by atoms with Gasteiger partial charge in [0.15, 0.2) is 69.8 Å². The van der Waals surface area contributed by atoms with Gasteiger partial charge in [-0.1, -0.05) is 0 Å². The van der Waals surface area contributed by atoms with Crippen molar-refractivity contribution in [3.8, 4) is 0 Å². The monoisotopic (exact) mass is 732 g/mol. The molecule has 3 aromatic carbocycles. The van der Waals surface area contributed by atoms with Crippen molar-refractivity contribution in [3.05, 3.63) is 86.5 Å². The lowest BCUT2D eigenvalue weighted by molar-refractivity contribution is -0.144. The highest BCUT2D eigenvalue weighted by Gasteiger charge is 2.55. The molecule has 1 aliphatic rings. The van der Waals surface area contributed by atoms with E-state index < -0.39 is 143 Å². The van der Waals surface area contributed by atoms with Crippen LogP contribution < -0.4 is 16.4 Å². The van der Waals surface area contributed by atoms with Crippen LogP contribution in [-0.4, -0.2) is 21.4 Å². The standard InChI is InChI=1S/C21B3F21O3/c25-7-1(19(37,38)39)8(26)14(32)4(13(7)31)22-46-23(5-15(33)9(27)2(20(40,41)42)10(28)16(5)34)48-24(47-22)6-17(35)11(29)3(21(43,44)45)12(30)18(6)36. The summed E-state index contributed by atoms with van der Waals surface area (Å²) in [6.07, 6.45) is -18.8. The number of alkyl halides is 9. The first kappa shape index (κ1) is 37.1. The lowest BCUT2D eigenvalue weighted by Crippen LogP contribution is -2.64. The molecule has 1 heterocycles. The molecule has 0 radical (unpaired) electrons. The van der Waals surface area contributed by atoms with Crippen LogP contribution in [0.3, 0.4) is 0 Å². The first-order valence-electron chi connectivity index (χ1n) is 11.5. The summed E-state index contributed by atoms with van der Waals surface area (Å²) in [7, 11) is -11.4. The van der Waals surface area contributed by atoms with Crippen LogP contribution in [-0.2, 0) is 32.2 Å². The molecule has 1 fully saturated rings. The zero-order valence-corrected chi connectivity index (χ0v) is 21.4. The van der Waals surface area contributed by atoms with Crippen LogP contribution in [0.1, 0.15) is 16.7 Å². The van der Waals surface area contributed by atoms with E-state index >= 15 is 0 Å². The Morgan fingerprint density at radius 3 is 0.542 bits per heavy atom. The molecule has 0 amide bonds. The minimum absolute atomic E-state index is 2.68. The summed E-state index contributed by atoms with van der Waals surface area (Å²) in [6.45, 7) is 0. The second-order valence-electron chi connectivity index (χ2n) is 9.03. The number of halogens is 21. The molecule has 0 atom stereocenters. The molecule has 258 valence electrons. The van der Waals surface area contributed by atoms with E-state index in [1.165, 1.54) is 0 Å². The van der Waals surface area contributed by atoms with Crippen LogP contribution >= 0.6 is 0 Å². The predicted octanol–water partition coefficient (Wildman–Crippen LogP) is 5.96. The van der Waals surface area contributed by atoms with Crippen LogP contribution in [0.4, 0.5) is 92.2 Å². The van der Waals surface area contributed by atoms with Gasteiger partial charge in [-0.3, -0.25) is 0 Å². The molecule has 3 nitrogen and oxygen atoms in total. The summed E-state index contributed by atoms with van der Waals surface area (Å²) < 4.78 is 304. The first-order chi connectivity index (χ1) is 21.7. The summed E-state index contributed by atoms with van der Waals surface area (Å²) >= 11 is 0. The van der Waals surface area contributed by atoms with Gasteiger partial charge in [-0.2, -0.15) is 39.5 Å². The summed E-state index contributed by atoms with van der Waals surface area (Å²) in [4.78, 5) is 0. The van der Waals surface area contributed by atoms with Gasteiger partial charge in [0, 0.05) is 0 Å². The molecule has 4 rings (SSSR count). The van der Waals surface area contributed by atoms with E-state index in [4.69, 9.17) is 0 Å². The molecule has 27 heteroatoms. The summed E-state index contributed by atoms with van der Waals surface area (Å²) in [5.41, 5.74) is -18.0. The van der Waals surface area contributed by atoms with E-state index in [-0.39, 0.29) is 0 Å². The van der Waals surface area contributed by atoms with Gasteiger partial charge in [-0.05, 0) is 0 Å². The fraction of sp³-hybridized carbons (Fsp3) is 0.143. The maximum atomic E-state index is 14.7. The third-order valence-corrected chi connectivity index (χ3v) is 6.19. The Kier molecular flexibility index (Phi) is 9.27. The van der Waals surface area contributed by atoms with Crippen molar-refractivity contribution in [1.29, 1.82) is 0 Å². The molecule has 0 N–H and O–H groups in total. The largest absolute Gasteiger partial charge is 0.473 e. The Hall–Kier alpha value is -3.74. The van der Waals surface area contributed by atoms with Crippen molar-refractivity contribution >= 4 is 37.7 Å². The number of hydrogen-bond donors (Lipinski definition) is 0. The molecular weight excluding hydrogens is 732 g/mol. The molecule has 0 spiro atoms. The van der Waals surface area contributed by atoms with E-state index in [1.54, 1.807) is 0 Å². The van der Waals surface area contributed by atoms with Gasteiger partial charge >= 0.3 is 39.9 Å². The first-order valence-corrected chi connectivity index (χ1v) is 11.5. The second-order valence-corrected chi connectivity index (χ2v) is 9.03. The van der Waals surface area contributed by atoms with E-state index in [9.17, 15) is 92.2 Å². The van der Waals surface area contributed by atoms with Gasteiger partial charge in [0.05, 0.1) is 16.4 Å². The number of benzene rings is 3. The average Bonchev–Trinajstić information content (AvgIpc) is 2.92.